The number of rotatable bonds is 8. The maximum atomic E-state index is 12.5. The fourth-order valence-electron chi connectivity index (χ4n) is 2.73. The molecule has 0 aromatic heterocycles. The van der Waals surface area contributed by atoms with Crippen LogP contribution < -0.4 is 18.9 Å². The minimum absolute atomic E-state index is 0.102. The first-order chi connectivity index (χ1) is 13.0. The molecule has 3 aromatic carbocycles. The summed E-state index contributed by atoms with van der Waals surface area (Å²) in [6.07, 6.45) is 0. The Morgan fingerprint density at radius 3 is 2.37 bits per heavy atom. The predicted molar refractivity (Wildman–Crippen MR) is 104 cm³/mol. The Balaban J connectivity index is 1.64. The molecule has 27 heavy (non-hydrogen) atoms. The topological polar surface area (TPSA) is 73.9 Å². The number of fused-ring (bicyclic) bond motifs is 1. The van der Waals surface area contributed by atoms with E-state index in [4.69, 9.17) is 14.2 Å². The van der Waals surface area contributed by atoms with E-state index in [9.17, 15) is 8.42 Å². The zero-order valence-corrected chi connectivity index (χ0v) is 16.0. The van der Waals surface area contributed by atoms with Crippen LogP contribution in [0.25, 0.3) is 10.8 Å². The minimum Gasteiger partial charge on any atom is -0.493 e. The van der Waals surface area contributed by atoms with Crippen molar-refractivity contribution in [3.05, 3.63) is 60.7 Å². The lowest BCUT2D eigenvalue weighted by Gasteiger charge is -2.12. The van der Waals surface area contributed by atoms with Crippen LogP contribution in [0.5, 0.6) is 17.2 Å². The lowest BCUT2D eigenvalue weighted by molar-refractivity contribution is 0.326. The first-order valence-corrected chi connectivity index (χ1v) is 9.86. The Bertz CT molecular complexity index is 1030. The molecule has 7 heteroatoms. The smallest absolute Gasteiger partial charge is 0.240 e. The van der Waals surface area contributed by atoms with Crippen molar-refractivity contribution < 1.29 is 22.6 Å². The highest BCUT2D eigenvalue weighted by Crippen LogP contribution is 2.29. The van der Waals surface area contributed by atoms with E-state index >= 15 is 0 Å². The highest BCUT2D eigenvalue weighted by Gasteiger charge is 2.16. The lowest BCUT2D eigenvalue weighted by atomic mass is 10.1. The second-order valence-corrected chi connectivity index (χ2v) is 7.51. The van der Waals surface area contributed by atoms with Gasteiger partial charge in [0, 0.05) is 18.0 Å². The maximum Gasteiger partial charge on any atom is 0.240 e. The quantitative estimate of drug-likeness (QED) is 0.601. The Morgan fingerprint density at radius 1 is 0.852 bits per heavy atom. The van der Waals surface area contributed by atoms with Crippen LogP contribution in [0.2, 0.25) is 0 Å². The van der Waals surface area contributed by atoms with Crippen LogP contribution in [-0.2, 0) is 10.0 Å². The highest BCUT2D eigenvalue weighted by atomic mass is 32.2. The maximum absolute atomic E-state index is 12.5. The van der Waals surface area contributed by atoms with Gasteiger partial charge in [0.25, 0.3) is 0 Å². The van der Waals surface area contributed by atoms with Crippen molar-refractivity contribution in [2.24, 2.45) is 0 Å². The van der Waals surface area contributed by atoms with Crippen molar-refractivity contribution >= 4 is 20.8 Å². The zero-order valence-electron chi connectivity index (χ0n) is 15.1. The molecule has 0 saturated heterocycles. The number of hydrogen-bond acceptors (Lipinski definition) is 5. The molecule has 3 rings (SSSR count). The molecule has 0 spiro atoms. The third kappa shape index (κ3) is 4.32. The van der Waals surface area contributed by atoms with Gasteiger partial charge in [-0.25, -0.2) is 13.1 Å². The van der Waals surface area contributed by atoms with E-state index in [1.807, 2.05) is 42.5 Å². The zero-order chi connectivity index (χ0) is 19.3. The van der Waals surface area contributed by atoms with Gasteiger partial charge in [0.05, 0.1) is 19.1 Å². The molecular weight excluding hydrogens is 366 g/mol. The van der Waals surface area contributed by atoms with Crippen molar-refractivity contribution in [2.45, 2.75) is 4.90 Å². The standard InChI is InChI=1S/C20H21NO5S/c1-24-19-11-10-16(14-20(19)25-2)27(22,23)21-12-13-26-18-9-5-7-15-6-3-4-8-17(15)18/h3-11,14,21H,12-13H2,1-2H3. The fraction of sp³-hybridized carbons (Fsp3) is 0.200. The summed E-state index contributed by atoms with van der Waals surface area (Å²) in [6, 6.07) is 18.1. The number of ether oxygens (including phenoxy) is 3. The molecule has 3 aromatic rings. The van der Waals surface area contributed by atoms with Crippen LogP contribution in [0.3, 0.4) is 0 Å². The molecule has 0 aliphatic carbocycles. The van der Waals surface area contributed by atoms with Crippen LogP contribution in [-0.4, -0.2) is 35.8 Å². The molecule has 6 nitrogen and oxygen atoms in total. The lowest BCUT2D eigenvalue weighted by Crippen LogP contribution is -2.28. The van der Waals surface area contributed by atoms with Crippen molar-refractivity contribution in [1.82, 2.24) is 4.72 Å². The summed E-state index contributed by atoms with van der Waals surface area (Å²) in [5.41, 5.74) is 0. The number of nitrogens with one attached hydrogen (secondary N) is 1. The molecule has 0 saturated carbocycles. The summed E-state index contributed by atoms with van der Waals surface area (Å²) in [6.45, 7) is 0.348. The number of methoxy groups -OCH3 is 2. The predicted octanol–water partition coefficient (Wildman–Crippen LogP) is 3.21. The van der Waals surface area contributed by atoms with E-state index in [0.717, 1.165) is 16.5 Å². The fourth-order valence-corrected chi connectivity index (χ4v) is 3.75. The van der Waals surface area contributed by atoms with E-state index in [-0.39, 0.29) is 18.0 Å². The van der Waals surface area contributed by atoms with Gasteiger partial charge in [0.15, 0.2) is 11.5 Å². The van der Waals surface area contributed by atoms with Gasteiger partial charge in [-0.3, -0.25) is 0 Å². The van der Waals surface area contributed by atoms with E-state index in [1.165, 1.54) is 26.4 Å². The molecule has 0 atom stereocenters. The van der Waals surface area contributed by atoms with Crippen LogP contribution in [0.1, 0.15) is 0 Å². The van der Waals surface area contributed by atoms with E-state index < -0.39 is 10.0 Å². The molecule has 0 radical (unpaired) electrons. The number of hydrogen-bond donors (Lipinski definition) is 1. The van der Waals surface area contributed by atoms with Gasteiger partial charge in [-0.1, -0.05) is 36.4 Å². The van der Waals surface area contributed by atoms with Gasteiger partial charge in [0.2, 0.25) is 10.0 Å². The van der Waals surface area contributed by atoms with Crippen molar-refractivity contribution in [1.29, 1.82) is 0 Å². The van der Waals surface area contributed by atoms with Gasteiger partial charge in [-0.05, 0) is 23.6 Å². The average molecular weight is 387 g/mol. The molecule has 0 amide bonds. The Morgan fingerprint density at radius 2 is 1.59 bits per heavy atom. The Hall–Kier alpha value is -2.77. The molecule has 1 N–H and O–H groups in total. The normalized spacial score (nSPS) is 11.3. The summed E-state index contributed by atoms with van der Waals surface area (Å²) in [7, 11) is -0.727. The molecule has 0 heterocycles. The first-order valence-electron chi connectivity index (χ1n) is 8.37. The Kier molecular flexibility index (Phi) is 5.83. The molecule has 0 aliphatic heterocycles. The van der Waals surface area contributed by atoms with Gasteiger partial charge in [0.1, 0.15) is 12.4 Å². The molecule has 142 valence electrons. The average Bonchev–Trinajstić information content (AvgIpc) is 2.70. The summed E-state index contributed by atoms with van der Waals surface area (Å²) < 4.78 is 43.5. The summed E-state index contributed by atoms with van der Waals surface area (Å²) in [5, 5.41) is 2.06. The van der Waals surface area contributed by atoms with Crippen molar-refractivity contribution in [3.63, 3.8) is 0 Å². The van der Waals surface area contributed by atoms with Crippen molar-refractivity contribution in [2.75, 3.05) is 27.4 Å². The van der Waals surface area contributed by atoms with Gasteiger partial charge in [-0.15, -0.1) is 0 Å². The number of sulfonamides is 1. The third-order valence-corrected chi connectivity index (χ3v) is 5.53. The highest BCUT2D eigenvalue weighted by molar-refractivity contribution is 7.89. The van der Waals surface area contributed by atoms with Gasteiger partial charge in [-0.2, -0.15) is 0 Å². The summed E-state index contributed by atoms with van der Waals surface area (Å²) >= 11 is 0. The largest absolute Gasteiger partial charge is 0.493 e. The molecule has 0 unspecified atom stereocenters. The SMILES string of the molecule is COc1ccc(S(=O)(=O)NCCOc2cccc3ccccc23)cc1OC. The van der Waals surface area contributed by atoms with Crippen LogP contribution in [0.15, 0.2) is 65.6 Å². The van der Waals surface area contributed by atoms with Crippen LogP contribution in [0.4, 0.5) is 0 Å². The number of benzene rings is 3. The Labute approximate surface area is 158 Å². The molecule has 0 aliphatic rings. The second kappa shape index (κ2) is 8.28. The van der Waals surface area contributed by atoms with E-state index in [0.29, 0.717) is 11.5 Å². The third-order valence-electron chi connectivity index (χ3n) is 4.07. The van der Waals surface area contributed by atoms with E-state index in [1.54, 1.807) is 6.07 Å². The summed E-state index contributed by atoms with van der Waals surface area (Å²) in [5.74, 6) is 1.54. The van der Waals surface area contributed by atoms with E-state index in [2.05, 4.69) is 4.72 Å². The molecule has 0 fully saturated rings. The summed E-state index contributed by atoms with van der Waals surface area (Å²) in [4.78, 5) is 0.102. The first kappa shape index (κ1) is 19.0. The second-order valence-electron chi connectivity index (χ2n) is 5.74. The molecular formula is C20H21NO5S. The van der Waals surface area contributed by atoms with Gasteiger partial charge >= 0.3 is 0 Å². The van der Waals surface area contributed by atoms with Crippen LogP contribution >= 0.6 is 0 Å². The van der Waals surface area contributed by atoms with Crippen molar-refractivity contribution in [3.8, 4) is 17.2 Å². The molecule has 0 bridgehead atoms. The van der Waals surface area contributed by atoms with Crippen LogP contribution in [0, 0.1) is 0 Å². The minimum atomic E-state index is -3.68. The van der Waals surface area contributed by atoms with Gasteiger partial charge < -0.3 is 14.2 Å². The monoisotopic (exact) mass is 387 g/mol.